The third kappa shape index (κ3) is 3.60. The van der Waals surface area contributed by atoms with Crippen LogP contribution in [0.1, 0.15) is 20.3 Å². The van der Waals surface area contributed by atoms with Crippen LogP contribution < -0.4 is 0 Å². The highest BCUT2D eigenvalue weighted by molar-refractivity contribution is 5.73. The Morgan fingerprint density at radius 2 is 1.36 bits per heavy atom. The van der Waals surface area contributed by atoms with Gasteiger partial charge in [-0.25, -0.2) is 0 Å². The molecule has 4 heteroatoms. The molecular formula is C7H12O4. The lowest BCUT2D eigenvalue weighted by molar-refractivity contribution is -0.144. The SMILES string of the molecule is CC(C[C@H](C)C(=O)O)C(=O)O. The Morgan fingerprint density at radius 3 is 1.55 bits per heavy atom. The Morgan fingerprint density at radius 1 is 1.09 bits per heavy atom. The molecule has 0 amide bonds. The molecular weight excluding hydrogens is 148 g/mol. The summed E-state index contributed by atoms with van der Waals surface area (Å²) in [5.74, 6) is -3.06. The minimum absolute atomic E-state index is 0.185. The zero-order valence-electron chi connectivity index (χ0n) is 6.57. The van der Waals surface area contributed by atoms with Gasteiger partial charge in [-0.2, -0.15) is 0 Å². The maximum atomic E-state index is 10.3. The van der Waals surface area contributed by atoms with Gasteiger partial charge in [-0.3, -0.25) is 9.59 Å². The van der Waals surface area contributed by atoms with Gasteiger partial charge in [-0.1, -0.05) is 13.8 Å². The van der Waals surface area contributed by atoms with Crippen LogP contribution in [-0.2, 0) is 9.59 Å². The lowest BCUT2D eigenvalue weighted by atomic mass is 9.98. The van der Waals surface area contributed by atoms with Crippen LogP contribution in [0.3, 0.4) is 0 Å². The van der Waals surface area contributed by atoms with Crippen molar-refractivity contribution >= 4 is 11.9 Å². The molecule has 0 heterocycles. The number of aliphatic carboxylic acids is 2. The Labute approximate surface area is 64.8 Å². The molecule has 0 aromatic carbocycles. The standard InChI is InChI=1S/C7H12O4/c1-4(6(8)9)3-5(2)7(10)11/h4-5H,3H2,1-2H3,(H,8,9)(H,10,11)/t4-,5?/m0/s1. The van der Waals surface area contributed by atoms with Gasteiger partial charge in [0, 0.05) is 0 Å². The van der Waals surface area contributed by atoms with Gasteiger partial charge in [0.15, 0.2) is 0 Å². The molecule has 0 aliphatic heterocycles. The monoisotopic (exact) mass is 160 g/mol. The fraction of sp³-hybridized carbons (Fsp3) is 0.714. The van der Waals surface area contributed by atoms with E-state index in [1.54, 1.807) is 0 Å². The van der Waals surface area contributed by atoms with E-state index >= 15 is 0 Å². The average Bonchev–Trinajstić information content (AvgIpc) is 1.87. The normalized spacial score (nSPS) is 15.5. The maximum absolute atomic E-state index is 10.3. The minimum Gasteiger partial charge on any atom is -0.481 e. The Kier molecular flexibility index (Phi) is 3.57. The van der Waals surface area contributed by atoms with E-state index in [-0.39, 0.29) is 6.42 Å². The van der Waals surface area contributed by atoms with Crippen molar-refractivity contribution < 1.29 is 19.8 Å². The molecule has 0 aliphatic carbocycles. The van der Waals surface area contributed by atoms with Gasteiger partial charge in [-0.15, -0.1) is 0 Å². The fourth-order valence-corrected chi connectivity index (χ4v) is 0.732. The van der Waals surface area contributed by atoms with E-state index in [9.17, 15) is 9.59 Å². The summed E-state index contributed by atoms with van der Waals surface area (Å²) in [6.07, 6.45) is 0.185. The fourth-order valence-electron chi connectivity index (χ4n) is 0.732. The number of rotatable bonds is 4. The molecule has 0 bridgehead atoms. The molecule has 64 valence electrons. The quantitative estimate of drug-likeness (QED) is 0.638. The predicted molar refractivity (Wildman–Crippen MR) is 38.2 cm³/mol. The van der Waals surface area contributed by atoms with Crippen LogP contribution in [0.2, 0.25) is 0 Å². The Bertz CT molecular complexity index is 146. The summed E-state index contributed by atoms with van der Waals surface area (Å²) in [6.45, 7) is 3.00. The lowest BCUT2D eigenvalue weighted by Gasteiger charge is -2.08. The third-order valence-electron chi connectivity index (χ3n) is 1.55. The summed E-state index contributed by atoms with van der Waals surface area (Å²) in [7, 11) is 0. The number of carboxylic acids is 2. The zero-order valence-corrected chi connectivity index (χ0v) is 6.57. The van der Waals surface area contributed by atoms with Crippen molar-refractivity contribution in [1.82, 2.24) is 0 Å². The summed E-state index contributed by atoms with van der Waals surface area (Å²) in [4.78, 5) is 20.5. The maximum Gasteiger partial charge on any atom is 0.306 e. The van der Waals surface area contributed by atoms with E-state index in [0.29, 0.717) is 0 Å². The van der Waals surface area contributed by atoms with Gasteiger partial charge >= 0.3 is 11.9 Å². The topological polar surface area (TPSA) is 74.6 Å². The Hall–Kier alpha value is -1.06. The van der Waals surface area contributed by atoms with Crippen molar-refractivity contribution in [3.8, 4) is 0 Å². The van der Waals surface area contributed by atoms with Crippen molar-refractivity contribution in [1.29, 1.82) is 0 Å². The molecule has 0 saturated carbocycles. The lowest BCUT2D eigenvalue weighted by Crippen LogP contribution is -2.18. The molecule has 0 rings (SSSR count). The van der Waals surface area contributed by atoms with E-state index in [2.05, 4.69) is 0 Å². The highest BCUT2D eigenvalue weighted by atomic mass is 16.4. The number of carboxylic acid groups (broad SMARTS) is 2. The highest BCUT2D eigenvalue weighted by Gasteiger charge is 2.19. The van der Waals surface area contributed by atoms with Crippen LogP contribution >= 0.6 is 0 Å². The summed E-state index contributed by atoms with van der Waals surface area (Å²) in [6, 6.07) is 0. The van der Waals surface area contributed by atoms with Gasteiger partial charge in [0.25, 0.3) is 0 Å². The van der Waals surface area contributed by atoms with Crippen LogP contribution in [0.15, 0.2) is 0 Å². The molecule has 0 radical (unpaired) electrons. The van der Waals surface area contributed by atoms with E-state index in [0.717, 1.165) is 0 Å². The van der Waals surface area contributed by atoms with Crippen molar-refractivity contribution in [2.45, 2.75) is 20.3 Å². The molecule has 0 aromatic rings. The van der Waals surface area contributed by atoms with E-state index < -0.39 is 23.8 Å². The van der Waals surface area contributed by atoms with Gasteiger partial charge in [-0.05, 0) is 6.42 Å². The molecule has 0 saturated heterocycles. The van der Waals surface area contributed by atoms with E-state index in [4.69, 9.17) is 10.2 Å². The number of hydrogen-bond donors (Lipinski definition) is 2. The molecule has 1 unspecified atom stereocenters. The van der Waals surface area contributed by atoms with Crippen molar-refractivity contribution in [2.75, 3.05) is 0 Å². The van der Waals surface area contributed by atoms with Crippen molar-refractivity contribution in [2.24, 2.45) is 11.8 Å². The molecule has 4 nitrogen and oxygen atoms in total. The minimum atomic E-state index is -0.946. The number of carbonyl (C=O) groups is 2. The van der Waals surface area contributed by atoms with Gasteiger partial charge in [0.2, 0.25) is 0 Å². The Balaban J connectivity index is 3.84. The highest BCUT2D eigenvalue weighted by Crippen LogP contribution is 2.11. The molecule has 0 fully saturated rings. The zero-order chi connectivity index (χ0) is 9.02. The van der Waals surface area contributed by atoms with Crippen molar-refractivity contribution in [3.63, 3.8) is 0 Å². The molecule has 0 aliphatic rings. The molecule has 11 heavy (non-hydrogen) atoms. The molecule has 0 spiro atoms. The van der Waals surface area contributed by atoms with E-state index in [1.165, 1.54) is 13.8 Å². The summed E-state index contributed by atoms with van der Waals surface area (Å²) in [5, 5.41) is 16.8. The number of hydrogen-bond acceptors (Lipinski definition) is 2. The van der Waals surface area contributed by atoms with E-state index in [1.807, 2.05) is 0 Å². The van der Waals surface area contributed by atoms with Gasteiger partial charge < -0.3 is 10.2 Å². The smallest absolute Gasteiger partial charge is 0.306 e. The molecule has 2 atom stereocenters. The van der Waals surface area contributed by atoms with Crippen LogP contribution in [0.4, 0.5) is 0 Å². The van der Waals surface area contributed by atoms with Crippen molar-refractivity contribution in [3.05, 3.63) is 0 Å². The summed E-state index contributed by atoms with van der Waals surface area (Å²) >= 11 is 0. The van der Waals surface area contributed by atoms with Crippen LogP contribution in [-0.4, -0.2) is 22.2 Å². The first kappa shape index (κ1) is 9.94. The van der Waals surface area contributed by atoms with Gasteiger partial charge in [0.05, 0.1) is 11.8 Å². The first-order valence-corrected chi connectivity index (χ1v) is 3.40. The second kappa shape index (κ2) is 3.95. The molecule has 0 aromatic heterocycles. The summed E-state index contributed by atoms with van der Waals surface area (Å²) < 4.78 is 0. The first-order valence-electron chi connectivity index (χ1n) is 3.40. The first-order chi connectivity index (χ1) is 4.95. The predicted octanol–water partition coefficient (Wildman–Crippen LogP) is 0.818. The van der Waals surface area contributed by atoms with Crippen LogP contribution in [0, 0.1) is 11.8 Å². The summed E-state index contributed by atoms with van der Waals surface area (Å²) in [5.41, 5.74) is 0. The van der Waals surface area contributed by atoms with Crippen LogP contribution in [0.25, 0.3) is 0 Å². The average molecular weight is 160 g/mol. The second-order valence-corrected chi connectivity index (χ2v) is 2.71. The van der Waals surface area contributed by atoms with Crippen LogP contribution in [0.5, 0.6) is 0 Å². The van der Waals surface area contributed by atoms with Gasteiger partial charge in [0.1, 0.15) is 0 Å². The largest absolute Gasteiger partial charge is 0.481 e. The second-order valence-electron chi connectivity index (χ2n) is 2.71. The third-order valence-corrected chi connectivity index (χ3v) is 1.55. The molecule has 2 N–H and O–H groups in total.